The van der Waals surface area contributed by atoms with Gasteiger partial charge in [0.25, 0.3) is 0 Å². The predicted molar refractivity (Wildman–Crippen MR) is 68.0 cm³/mol. The molecular weight excluding hydrogens is 238 g/mol. The van der Waals surface area contributed by atoms with Gasteiger partial charge in [-0.15, -0.1) is 0 Å². The number of nitrogens with two attached hydrogens (primary N) is 1. The highest BCUT2D eigenvalue weighted by atomic mass is 35.5. The molecule has 1 aromatic carbocycles. The minimum atomic E-state index is 0.133. The monoisotopic (exact) mass is 251 g/mol. The van der Waals surface area contributed by atoms with Crippen molar-refractivity contribution in [1.82, 2.24) is 4.90 Å². The van der Waals surface area contributed by atoms with Crippen molar-refractivity contribution in [3.8, 4) is 0 Å². The van der Waals surface area contributed by atoms with Crippen LogP contribution in [0, 0.1) is 0 Å². The molecular formula is C12H14ClN3O. The summed E-state index contributed by atoms with van der Waals surface area (Å²) in [7, 11) is 0. The quantitative estimate of drug-likeness (QED) is 0.694. The number of nitrogens with zero attached hydrogens (tertiary/aromatic N) is 1. The standard InChI is InChI=1S/C12H14ClN3O/c13-7-5-8-10-1-2-11(17)16(10)4-3-15-12(8)9(14)6-7/h5-6,10,15H,1-4,14H2. The average molecular weight is 252 g/mol. The van der Waals surface area contributed by atoms with Gasteiger partial charge in [-0.1, -0.05) is 11.6 Å². The van der Waals surface area contributed by atoms with Crippen LogP contribution in [0.15, 0.2) is 12.1 Å². The Hall–Kier alpha value is -1.42. The lowest BCUT2D eigenvalue weighted by Crippen LogP contribution is -2.29. The Balaban J connectivity index is 2.13. The summed E-state index contributed by atoms with van der Waals surface area (Å²) in [5.74, 6) is 0.225. The van der Waals surface area contributed by atoms with Gasteiger partial charge in [0.1, 0.15) is 0 Å². The van der Waals surface area contributed by atoms with Crippen LogP contribution in [0.2, 0.25) is 5.02 Å². The van der Waals surface area contributed by atoms with Gasteiger partial charge in [-0.3, -0.25) is 4.79 Å². The van der Waals surface area contributed by atoms with Gasteiger partial charge in [0, 0.05) is 30.1 Å². The highest BCUT2D eigenvalue weighted by molar-refractivity contribution is 6.31. The third-order valence-electron chi connectivity index (χ3n) is 3.51. The number of halogens is 1. The first-order valence-electron chi connectivity index (χ1n) is 5.79. The summed E-state index contributed by atoms with van der Waals surface area (Å²) in [6.45, 7) is 1.47. The number of rotatable bonds is 0. The topological polar surface area (TPSA) is 58.4 Å². The number of nitrogen functional groups attached to an aromatic ring is 1. The van der Waals surface area contributed by atoms with Crippen molar-refractivity contribution >= 4 is 28.9 Å². The van der Waals surface area contributed by atoms with Crippen molar-refractivity contribution in [3.05, 3.63) is 22.7 Å². The number of benzene rings is 1. The molecule has 2 heterocycles. The maximum absolute atomic E-state index is 11.8. The highest BCUT2D eigenvalue weighted by Crippen LogP contribution is 2.41. The molecule has 0 spiro atoms. The molecule has 1 amide bonds. The minimum Gasteiger partial charge on any atom is -0.397 e. The molecule has 4 nitrogen and oxygen atoms in total. The Kier molecular flexibility index (Phi) is 2.40. The molecule has 1 saturated heterocycles. The molecule has 17 heavy (non-hydrogen) atoms. The predicted octanol–water partition coefficient (Wildman–Crippen LogP) is 2.01. The van der Waals surface area contributed by atoms with E-state index >= 15 is 0 Å². The number of nitrogens with one attached hydrogen (secondary N) is 1. The lowest BCUT2D eigenvalue weighted by molar-refractivity contribution is -0.128. The van der Waals surface area contributed by atoms with E-state index in [2.05, 4.69) is 5.32 Å². The Morgan fingerprint density at radius 1 is 1.47 bits per heavy atom. The molecule has 1 unspecified atom stereocenters. The molecule has 2 aliphatic heterocycles. The van der Waals surface area contributed by atoms with Gasteiger partial charge < -0.3 is 16.0 Å². The van der Waals surface area contributed by atoms with Crippen molar-refractivity contribution in [2.75, 3.05) is 24.1 Å². The van der Waals surface area contributed by atoms with E-state index in [0.29, 0.717) is 17.1 Å². The molecule has 1 atom stereocenters. The van der Waals surface area contributed by atoms with E-state index in [1.807, 2.05) is 11.0 Å². The molecule has 2 aliphatic rings. The van der Waals surface area contributed by atoms with Crippen LogP contribution in [0.25, 0.3) is 0 Å². The van der Waals surface area contributed by atoms with Crippen LogP contribution in [0.3, 0.4) is 0 Å². The maximum Gasteiger partial charge on any atom is 0.223 e. The molecule has 90 valence electrons. The van der Waals surface area contributed by atoms with Gasteiger partial charge >= 0.3 is 0 Å². The van der Waals surface area contributed by atoms with E-state index in [4.69, 9.17) is 17.3 Å². The summed E-state index contributed by atoms with van der Waals surface area (Å²) in [6, 6.07) is 3.80. The molecule has 3 rings (SSSR count). The smallest absolute Gasteiger partial charge is 0.223 e. The number of hydrogen-bond donors (Lipinski definition) is 2. The first-order valence-corrected chi connectivity index (χ1v) is 6.17. The average Bonchev–Trinajstić information content (AvgIpc) is 2.54. The Morgan fingerprint density at radius 2 is 2.29 bits per heavy atom. The maximum atomic E-state index is 11.8. The van der Waals surface area contributed by atoms with Crippen molar-refractivity contribution in [1.29, 1.82) is 0 Å². The number of carbonyl (C=O) groups excluding carboxylic acids is 1. The van der Waals surface area contributed by atoms with Gasteiger partial charge in [0.2, 0.25) is 5.91 Å². The molecule has 1 fully saturated rings. The fourth-order valence-corrected chi connectivity index (χ4v) is 2.99. The largest absolute Gasteiger partial charge is 0.397 e. The fourth-order valence-electron chi connectivity index (χ4n) is 2.76. The number of amides is 1. The minimum absolute atomic E-state index is 0.133. The van der Waals surface area contributed by atoms with E-state index in [9.17, 15) is 4.79 Å². The molecule has 0 aromatic heterocycles. The first-order chi connectivity index (χ1) is 8.16. The fraction of sp³-hybridized carbons (Fsp3) is 0.417. The van der Waals surface area contributed by atoms with Crippen LogP contribution < -0.4 is 11.1 Å². The molecule has 3 N–H and O–H groups in total. The summed E-state index contributed by atoms with van der Waals surface area (Å²) in [4.78, 5) is 13.7. The van der Waals surface area contributed by atoms with Gasteiger partial charge in [-0.05, 0) is 18.6 Å². The molecule has 1 aromatic rings. The summed E-state index contributed by atoms with van der Waals surface area (Å²) in [5, 5.41) is 3.92. The van der Waals surface area contributed by atoms with E-state index in [-0.39, 0.29) is 11.9 Å². The first kappa shape index (κ1) is 10.7. The molecule has 0 aliphatic carbocycles. The van der Waals surface area contributed by atoms with Crippen LogP contribution in [-0.2, 0) is 4.79 Å². The second kappa shape index (κ2) is 3.81. The SMILES string of the molecule is Nc1cc(Cl)cc2c1NCCN1C(=O)CCC21. The van der Waals surface area contributed by atoms with Gasteiger partial charge in [0.15, 0.2) is 0 Å². The van der Waals surface area contributed by atoms with E-state index in [1.54, 1.807) is 6.07 Å². The summed E-state index contributed by atoms with van der Waals surface area (Å²) >= 11 is 6.05. The highest BCUT2D eigenvalue weighted by Gasteiger charge is 2.35. The summed E-state index contributed by atoms with van der Waals surface area (Å²) in [6.07, 6.45) is 1.48. The third kappa shape index (κ3) is 1.63. The van der Waals surface area contributed by atoms with Crippen molar-refractivity contribution in [3.63, 3.8) is 0 Å². The number of anilines is 2. The molecule has 0 radical (unpaired) electrons. The molecule has 0 bridgehead atoms. The van der Waals surface area contributed by atoms with Crippen molar-refractivity contribution in [2.24, 2.45) is 0 Å². The number of carbonyl (C=O) groups is 1. The van der Waals surface area contributed by atoms with Gasteiger partial charge in [-0.2, -0.15) is 0 Å². The van der Waals surface area contributed by atoms with Crippen LogP contribution in [0.5, 0.6) is 0 Å². The van der Waals surface area contributed by atoms with Gasteiger partial charge in [-0.25, -0.2) is 0 Å². The Bertz CT molecular complexity index is 489. The molecule has 0 saturated carbocycles. The lowest BCUT2D eigenvalue weighted by atomic mass is 10.0. The normalized spacial score (nSPS) is 22.8. The Labute approximate surface area is 105 Å². The zero-order valence-electron chi connectivity index (χ0n) is 9.37. The number of hydrogen-bond acceptors (Lipinski definition) is 3. The second-order valence-corrected chi connectivity index (χ2v) is 4.96. The van der Waals surface area contributed by atoms with E-state index in [0.717, 1.165) is 30.8 Å². The summed E-state index contributed by atoms with van der Waals surface area (Å²) < 4.78 is 0. The Morgan fingerprint density at radius 3 is 3.12 bits per heavy atom. The number of fused-ring (bicyclic) bond motifs is 3. The van der Waals surface area contributed by atoms with Crippen LogP contribution in [0.4, 0.5) is 11.4 Å². The van der Waals surface area contributed by atoms with Gasteiger partial charge in [0.05, 0.1) is 17.4 Å². The van der Waals surface area contributed by atoms with Crippen molar-refractivity contribution in [2.45, 2.75) is 18.9 Å². The summed E-state index contributed by atoms with van der Waals surface area (Å²) in [5.41, 5.74) is 8.63. The lowest BCUT2D eigenvalue weighted by Gasteiger charge is -2.23. The zero-order chi connectivity index (χ0) is 12.0. The zero-order valence-corrected chi connectivity index (χ0v) is 10.1. The van der Waals surface area contributed by atoms with Crippen LogP contribution in [-0.4, -0.2) is 23.9 Å². The van der Waals surface area contributed by atoms with Crippen LogP contribution in [0.1, 0.15) is 24.4 Å². The van der Waals surface area contributed by atoms with E-state index in [1.165, 1.54) is 0 Å². The molecule has 5 heteroatoms. The third-order valence-corrected chi connectivity index (χ3v) is 3.72. The second-order valence-electron chi connectivity index (χ2n) is 4.53. The van der Waals surface area contributed by atoms with E-state index < -0.39 is 0 Å². The van der Waals surface area contributed by atoms with Crippen molar-refractivity contribution < 1.29 is 4.79 Å². The van der Waals surface area contributed by atoms with Crippen LogP contribution >= 0.6 is 11.6 Å².